The second-order valence-corrected chi connectivity index (χ2v) is 3.57. The van der Waals surface area contributed by atoms with Gasteiger partial charge in [0, 0.05) is 25.4 Å². The predicted molar refractivity (Wildman–Crippen MR) is 62.4 cm³/mol. The fraction of sp³-hybridized carbons (Fsp3) is 0.583. The number of nitrogens with one attached hydrogen (secondary N) is 1. The van der Waals surface area contributed by atoms with E-state index in [1.165, 1.54) is 6.42 Å². The molecule has 0 aliphatic carbocycles. The van der Waals surface area contributed by atoms with Crippen LogP contribution in [0.5, 0.6) is 0 Å². The standard InChI is InChI=1S/C12H19N3/c1-2-3-4-5-7-13-8-6-10-15-11-9-14-12-15/h1,9,11-13H,3-8,10H2. The maximum Gasteiger partial charge on any atom is 0.0945 e. The Balaban J connectivity index is 1.84. The molecule has 0 bridgehead atoms. The highest BCUT2D eigenvalue weighted by atomic mass is 15.0. The highest BCUT2D eigenvalue weighted by Crippen LogP contribution is 1.92. The van der Waals surface area contributed by atoms with Crippen LogP contribution in [0.25, 0.3) is 0 Å². The van der Waals surface area contributed by atoms with Gasteiger partial charge in [0.25, 0.3) is 0 Å². The molecule has 0 spiro atoms. The summed E-state index contributed by atoms with van der Waals surface area (Å²) in [5.41, 5.74) is 0. The molecule has 82 valence electrons. The number of hydrogen-bond donors (Lipinski definition) is 1. The number of nitrogens with zero attached hydrogens (tertiary/aromatic N) is 2. The Morgan fingerprint density at radius 3 is 2.87 bits per heavy atom. The topological polar surface area (TPSA) is 29.9 Å². The molecular weight excluding hydrogens is 186 g/mol. The van der Waals surface area contributed by atoms with E-state index in [0.29, 0.717) is 0 Å². The van der Waals surface area contributed by atoms with Gasteiger partial charge in [-0.15, -0.1) is 12.3 Å². The van der Waals surface area contributed by atoms with Gasteiger partial charge < -0.3 is 9.88 Å². The zero-order chi connectivity index (χ0) is 10.8. The van der Waals surface area contributed by atoms with Crippen molar-refractivity contribution in [2.24, 2.45) is 0 Å². The van der Waals surface area contributed by atoms with Gasteiger partial charge in [0.15, 0.2) is 0 Å². The van der Waals surface area contributed by atoms with E-state index < -0.39 is 0 Å². The summed E-state index contributed by atoms with van der Waals surface area (Å²) in [7, 11) is 0. The number of terminal acetylenes is 1. The lowest BCUT2D eigenvalue weighted by atomic mass is 10.2. The minimum atomic E-state index is 0.900. The van der Waals surface area contributed by atoms with Crippen LogP contribution in [0.4, 0.5) is 0 Å². The molecule has 1 aromatic rings. The molecule has 1 aromatic heterocycles. The molecule has 0 atom stereocenters. The molecule has 0 amide bonds. The van der Waals surface area contributed by atoms with Crippen LogP contribution in [0.1, 0.15) is 25.7 Å². The van der Waals surface area contributed by atoms with Gasteiger partial charge in [0.2, 0.25) is 0 Å². The van der Waals surface area contributed by atoms with Crippen LogP contribution in [0.15, 0.2) is 18.7 Å². The Morgan fingerprint density at radius 2 is 2.13 bits per heavy atom. The van der Waals surface area contributed by atoms with Crippen molar-refractivity contribution >= 4 is 0 Å². The van der Waals surface area contributed by atoms with Crippen molar-refractivity contribution in [3.05, 3.63) is 18.7 Å². The molecule has 3 nitrogen and oxygen atoms in total. The van der Waals surface area contributed by atoms with E-state index in [1.807, 2.05) is 18.7 Å². The summed E-state index contributed by atoms with van der Waals surface area (Å²) in [6, 6.07) is 0. The quantitative estimate of drug-likeness (QED) is 0.517. The first-order chi connectivity index (χ1) is 7.43. The fourth-order valence-corrected chi connectivity index (χ4v) is 1.41. The van der Waals surface area contributed by atoms with Crippen molar-refractivity contribution in [1.29, 1.82) is 0 Å². The zero-order valence-corrected chi connectivity index (χ0v) is 9.15. The summed E-state index contributed by atoms with van der Waals surface area (Å²) in [6.45, 7) is 3.18. The molecular formula is C12H19N3. The van der Waals surface area contributed by atoms with Crippen LogP contribution >= 0.6 is 0 Å². The number of rotatable bonds is 8. The molecule has 0 aliphatic rings. The van der Waals surface area contributed by atoms with Crippen molar-refractivity contribution in [3.63, 3.8) is 0 Å². The molecule has 0 fully saturated rings. The lowest BCUT2D eigenvalue weighted by Gasteiger charge is -2.04. The fourth-order valence-electron chi connectivity index (χ4n) is 1.41. The summed E-state index contributed by atoms with van der Waals surface area (Å²) in [6.07, 6.45) is 15.2. The smallest absolute Gasteiger partial charge is 0.0945 e. The summed E-state index contributed by atoms with van der Waals surface area (Å²) in [5, 5.41) is 3.40. The van der Waals surface area contributed by atoms with Crippen molar-refractivity contribution in [2.45, 2.75) is 32.2 Å². The molecule has 1 rings (SSSR count). The minimum absolute atomic E-state index is 0.900. The molecule has 0 saturated carbocycles. The van der Waals surface area contributed by atoms with Gasteiger partial charge in [-0.2, -0.15) is 0 Å². The van der Waals surface area contributed by atoms with Gasteiger partial charge in [-0.25, -0.2) is 4.98 Å². The maximum atomic E-state index is 5.17. The molecule has 0 saturated heterocycles. The first-order valence-electron chi connectivity index (χ1n) is 5.53. The Kier molecular flexibility index (Phi) is 6.35. The van der Waals surface area contributed by atoms with Gasteiger partial charge in [-0.1, -0.05) is 0 Å². The summed E-state index contributed by atoms with van der Waals surface area (Å²) < 4.78 is 2.10. The molecule has 0 radical (unpaired) electrons. The second-order valence-electron chi connectivity index (χ2n) is 3.57. The first kappa shape index (κ1) is 11.8. The van der Waals surface area contributed by atoms with Gasteiger partial charge in [0.1, 0.15) is 0 Å². The van der Waals surface area contributed by atoms with E-state index in [0.717, 1.165) is 38.9 Å². The van der Waals surface area contributed by atoms with E-state index >= 15 is 0 Å². The van der Waals surface area contributed by atoms with Crippen LogP contribution in [-0.4, -0.2) is 22.6 Å². The average Bonchev–Trinajstić information content (AvgIpc) is 2.75. The molecule has 1 N–H and O–H groups in total. The van der Waals surface area contributed by atoms with Gasteiger partial charge >= 0.3 is 0 Å². The SMILES string of the molecule is C#CCCCCNCCCn1ccnc1. The van der Waals surface area contributed by atoms with Crippen LogP contribution in [0.2, 0.25) is 0 Å². The monoisotopic (exact) mass is 205 g/mol. The summed E-state index contributed by atoms with van der Waals surface area (Å²) in [4.78, 5) is 3.99. The lowest BCUT2D eigenvalue weighted by Crippen LogP contribution is -2.17. The maximum absolute atomic E-state index is 5.17. The third kappa shape index (κ3) is 5.92. The van der Waals surface area contributed by atoms with Crippen LogP contribution in [0.3, 0.4) is 0 Å². The van der Waals surface area contributed by atoms with E-state index in [2.05, 4.69) is 20.8 Å². The Hall–Kier alpha value is -1.27. The third-order valence-corrected chi connectivity index (χ3v) is 2.25. The average molecular weight is 205 g/mol. The number of unbranched alkanes of at least 4 members (excludes halogenated alkanes) is 2. The number of aryl methyl sites for hydroxylation is 1. The van der Waals surface area contributed by atoms with Crippen LogP contribution in [0, 0.1) is 12.3 Å². The number of imidazole rings is 1. The second kappa shape index (κ2) is 8.07. The normalized spacial score (nSPS) is 10.1. The first-order valence-corrected chi connectivity index (χ1v) is 5.53. The molecule has 0 aliphatic heterocycles. The predicted octanol–water partition coefficient (Wildman–Crippen LogP) is 1.67. The highest BCUT2D eigenvalue weighted by Gasteiger charge is 1.90. The van der Waals surface area contributed by atoms with E-state index in [-0.39, 0.29) is 0 Å². The van der Waals surface area contributed by atoms with Crippen LogP contribution < -0.4 is 5.32 Å². The van der Waals surface area contributed by atoms with E-state index in [9.17, 15) is 0 Å². The molecule has 0 unspecified atom stereocenters. The largest absolute Gasteiger partial charge is 0.337 e. The van der Waals surface area contributed by atoms with Gasteiger partial charge in [-0.3, -0.25) is 0 Å². The summed E-state index contributed by atoms with van der Waals surface area (Å²) >= 11 is 0. The number of aromatic nitrogens is 2. The number of hydrogen-bond acceptors (Lipinski definition) is 2. The Labute approximate surface area is 91.9 Å². The molecule has 15 heavy (non-hydrogen) atoms. The molecule has 1 heterocycles. The summed E-state index contributed by atoms with van der Waals surface area (Å²) in [5.74, 6) is 2.65. The van der Waals surface area contributed by atoms with Gasteiger partial charge in [-0.05, 0) is 32.4 Å². The minimum Gasteiger partial charge on any atom is -0.337 e. The zero-order valence-electron chi connectivity index (χ0n) is 9.15. The lowest BCUT2D eigenvalue weighted by molar-refractivity contribution is 0.564. The van der Waals surface area contributed by atoms with Crippen molar-refractivity contribution < 1.29 is 0 Å². The molecule has 3 heteroatoms. The molecule has 0 aromatic carbocycles. The van der Waals surface area contributed by atoms with Crippen molar-refractivity contribution in [2.75, 3.05) is 13.1 Å². The van der Waals surface area contributed by atoms with Gasteiger partial charge in [0.05, 0.1) is 6.33 Å². The van der Waals surface area contributed by atoms with E-state index in [4.69, 9.17) is 6.42 Å². The van der Waals surface area contributed by atoms with Crippen LogP contribution in [-0.2, 0) is 6.54 Å². The highest BCUT2D eigenvalue weighted by molar-refractivity contribution is 4.82. The third-order valence-electron chi connectivity index (χ3n) is 2.25. The Bertz CT molecular complexity index is 272. The van der Waals surface area contributed by atoms with E-state index in [1.54, 1.807) is 0 Å². The Morgan fingerprint density at radius 1 is 1.27 bits per heavy atom. The van der Waals surface area contributed by atoms with Crippen molar-refractivity contribution in [3.8, 4) is 12.3 Å². The van der Waals surface area contributed by atoms with Crippen molar-refractivity contribution in [1.82, 2.24) is 14.9 Å².